The predicted molar refractivity (Wildman–Crippen MR) is 123 cm³/mol. The number of non-ortho nitro benzene ring substituents is 1. The Bertz CT molecular complexity index is 1300. The number of hydrogen-bond donors (Lipinski definition) is 0. The van der Waals surface area contributed by atoms with Crippen LogP contribution in [0.2, 0.25) is 0 Å². The van der Waals surface area contributed by atoms with Crippen molar-refractivity contribution in [3.05, 3.63) is 123 Å². The lowest BCUT2D eigenvalue weighted by molar-refractivity contribution is -0.525. The minimum atomic E-state index is -1.54. The van der Waals surface area contributed by atoms with Gasteiger partial charge in [-0.3, -0.25) is 10.1 Å². The van der Waals surface area contributed by atoms with Crippen LogP contribution in [-0.2, 0) is 29.6 Å². The summed E-state index contributed by atoms with van der Waals surface area (Å²) in [5.41, 5.74) is 0.0978. The van der Waals surface area contributed by atoms with Crippen molar-refractivity contribution in [3.63, 3.8) is 0 Å². The van der Waals surface area contributed by atoms with Gasteiger partial charge in [0.1, 0.15) is 6.10 Å². The number of rotatable bonds is 4. The normalized spacial score (nSPS) is 28.5. The van der Waals surface area contributed by atoms with E-state index in [1.54, 1.807) is 25.1 Å². The van der Waals surface area contributed by atoms with Gasteiger partial charge in [0.2, 0.25) is 5.79 Å². The Morgan fingerprint density at radius 3 is 2.06 bits per heavy atom. The molecule has 0 N–H and O–H groups in total. The highest BCUT2D eigenvalue weighted by molar-refractivity contribution is 5.93. The summed E-state index contributed by atoms with van der Waals surface area (Å²) in [5.74, 6) is -2.09. The first-order chi connectivity index (χ1) is 16.9. The van der Waals surface area contributed by atoms with E-state index in [9.17, 15) is 14.9 Å². The molecule has 8 heteroatoms. The van der Waals surface area contributed by atoms with Crippen LogP contribution in [0.4, 0.5) is 5.69 Å². The number of nitro benzene ring substituents is 1. The highest BCUT2D eigenvalue weighted by Crippen LogP contribution is 2.58. The lowest BCUT2D eigenvalue weighted by atomic mass is 9.73. The number of nitro groups is 1. The third-order valence-corrected chi connectivity index (χ3v) is 6.88. The number of carbonyl (C=O) groups is 1. The molecular formula is C27H21NO7. The molecule has 2 bridgehead atoms. The van der Waals surface area contributed by atoms with E-state index in [1.807, 2.05) is 60.7 Å². The van der Waals surface area contributed by atoms with Crippen LogP contribution in [0.25, 0.3) is 0 Å². The Kier molecular flexibility index (Phi) is 4.69. The van der Waals surface area contributed by atoms with Crippen molar-refractivity contribution in [2.45, 2.75) is 36.4 Å². The molecule has 2 fully saturated rings. The Morgan fingerprint density at radius 2 is 1.49 bits per heavy atom. The number of carbonyl (C=O) groups excluding carboxylic acids is 1. The van der Waals surface area contributed by atoms with E-state index in [4.69, 9.17) is 19.2 Å². The maximum absolute atomic E-state index is 13.5. The molecule has 4 heterocycles. The molecule has 0 saturated carbocycles. The van der Waals surface area contributed by atoms with Gasteiger partial charge in [0.05, 0.1) is 16.9 Å². The van der Waals surface area contributed by atoms with Crippen molar-refractivity contribution in [2.75, 3.05) is 0 Å². The number of fused-ring (bicyclic) bond motifs is 2. The smallest absolute Gasteiger partial charge is 0.340 e. The molecule has 0 radical (unpaired) electrons. The van der Waals surface area contributed by atoms with Crippen LogP contribution in [0.1, 0.15) is 36.1 Å². The van der Waals surface area contributed by atoms with Gasteiger partial charge < -0.3 is 9.47 Å². The van der Waals surface area contributed by atoms with Crippen molar-refractivity contribution in [1.29, 1.82) is 0 Å². The topological polar surface area (TPSA) is 97.1 Å². The summed E-state index contributed by atoms with van der Waals surface area (Å²) in [5, 5.41) is 11.1. The lowest BCUT2D eigenvalue weighted by Gasteiger charge is -2.56. The Balaban J connectivity index is 1.48. The monoisotopic (exact) mass is 471 g/mol. The molecule has 0 amide bonds. The summed E-state index contributed by atoms with van der Waals surface area (Å²) in [7, 11) is 0. The van der Waals surface area contributed by atoms with Gasteiger partial charge in [0, 0.05) is 23.3 Å². The fraction of sp³-hybridized carbons (Fsp3) is 0.222. The van der Waals surface area contributed by atoms with Gasteiger partial charge in [0.15, 0.2) is 11.2 Å². The van der Waals surface area contributed by atoms with E-state index in [1.165, 1.54) is 12.1 Å². The number of esters is 1. The molecule has 0 aliphatic carbocycles. The maximum Gasteiger partial charge on any atom is 0.340 e. The molecule has 3 aromatic rings. The Labute approximate surface area is 200 Å². The highest BCUT2D eigenvalue weighted by atomic mass is 17.3. The molecule has 3 atom stereocenters. The maximum atomic E-state index is 13.5. The van der Waals surface area contributed by atoms with E-state index in [0.717, 1.165) is 11.1 Å². The van der Waals surface area contributed by atoms with E-state index in [-0.39, 0.29) is 17.7 Å². The van der Waals surface area contributed by atoms with Gasteiger partial charge in [-0.2, -0.15) is 4.89 Å². The average molecular weight is 471 g/mol. The van der Waals surface area contributed by atoms with E-state index in [2.05, 4.69) is 0 Å². The molecule has 1 unspecified atom stereocenters. The zero-order chi connectivity index (χ0) is 24.3. The van der Waals surface area contributed by atoms with Crippen molar-refractivity contribution in [2.24, 2.45) is 0 Å². The van der Waals surface area contributed by atoms with Crippen LogP contribution in [0, 0.1) is 10.1 Å². The molecule has 4 aliphatic rings. The van der Waals surface area contributed by atoms with E-state index >= 15 is 0 Å². The van der Waals surface area contributed by atoms with Crippen LogP contribution in [0.3, 0.4) is 0 Å². The molecule has 0 aromatic heterocycles. The molecule has 3 aromatic carbocycles. The Hall–Kier alpha value is -3.85. The second kappa shape index (κ2) is 7.58. The van der Waals surface area contributed by atoms with Crippen LogP contribution >= 0.6 is 0 Å². The quantitative estimate of drug-likeness (QED) is 0.231. The molecule has 4 aliphatic heterocycles. The van der Waals surface area contributed by atoms with Crippen molar-refractivity contribution >= 4 is 11.7 Å². The first-order valence-corrected chi connectivity index (χ1v) is 11.2. The zero-order valence-electron chi connectivity index (χ0n) is 18.7. The predicted octanol–water partition coefficient (Wildman–Crippen LogP) is 4.90. The van der Waals surface area contributed by atoms with Crippen LogP contribution in [-0.4, -0.2) is 22.3 Å². The second-order valence-electron chi connectivity index (χ2n) is 9.13. The number of cyclic esters (lactones) is 1. The highest BCUT2D eigenvalue weighted by Gasteiger charge is 2.66. The molecule has 35 heavy (non-hydrogen) atoms. The minimum Gasteiger partial charge on any atom is -0.445 e. The summed E-state index contributed by atoms with van der Waals surface area (Å²) >= 11 is 0. The number of benzene rings is 3. The summed E-state index contributed by atoms with van der Waals surface area (Å²) in [6.07, 6.45) is 1.13. The molecular weight excluding hydrogens is 450 g/mol. The minimum absolute atomic E-state index is 0.0279. The average Bonchev–Trinajstić information content (AvgIpc) is 2.89. The number of hydrogen-bond acceptors (Lipinski definition) is 7. The van der Waals surface area contributed by atoms with Gasteiger partial charge >= 0.3 is 5.97 Å². The number of ether oxygens (including phenoxy) is 2. The van der Waals surface area contributed by atoms with Gasteiger partial charge in [-0.1, -0.05) is 60.7 Å². The molecule has 7 rings (SSSR count). The van der Waals surface area contributed by atoms with Crippen molar-refractivity contribution < 1.29 is 29.0 Å². The fourth-order valence-electron chi connectivity index (χ4n) is 5.16. The summed E-state index contributed by atoms with van der Waals surface area (Å²) in [6, 6.07) is 25.0. The van der Waals surface area contributed by atoms with Crippen molar-refractivity contribution in [1.82, 2.24) is 0 Å². The molecule has 176 valence electrons. The molecule has 2 saturated heterocycles. The summed E-state index contributed by atoms with van der Waals surface area (Å²) in [4.78, 5) is 35.8. The van der Waals surface area contributed by atoms with E-state index in [0.29, 0.717) is 5.56 Å². The fourth-order valence-corrected chi connectivity index (χ4v) is 5.16. The van der Waals surface area contributed by atoms with Crippen molar-refractivity contribution in [3.8, 4) is 0 Å². The van der Waals surface area contributed by atoms with Gasteiger partial charge in [-0.15, -0.1) is 0 Å². The standard InChI is InChI=1S/C27H21NO7/c1-25-16-22-24(29)33-26(19-8-4-2-5-9-19,20-10-6-3-7-11-20)17-27(22,35-34-25)32-23(25)18-12-14-21(15-13-18)28(30)31/h2-16,23H,17H2,1H3/t23?,25-,27+/m1/s1. The summed E-state index contributed by atoms with van der Waals surface area (Å²) < 4.78 is 12.7. The van der Waals surface area contributed by atoms with E-state index < -0.39 is 34.0 Å². The van der Waals surface area contributed by atoms with Crippen LogP contribution in [0.15, 0.2) is 96.6 Å². The van der Waals surface area contributed by atoms with Crippen LogP contribution < -0.4 is 0 Å². The van der Waals surface area contributed by atoms with Gasteiger partial charge in [-0.05, 0) is 30.7 Å². The third kappa shape index (κ3) is 3.22. The first kappa shape index (κ1) is 21.7. The summed E-state index contributed by atoms with van der Waals surface area (Å²) in [6.45, 7) is 1.73. The third-order valence-electron chi connectivity index (χ3n) is 6.88. The second-order valence-corrected chi connectivity index (χ2v) is 9.13. The Morgan fingerprint density at radius 1 is 0.886 bits per heavy atom. The zero-order valence-corrected chi connectivity index (χ0v) is 18.7. The lowest BCUT2D eigenvalue weighted by Crippen LogP contribution is -2.64. The molecule has 8 nitrogen and oxygen atoms in total. The first-order valence-electron chi connectivity index (χ1n) is 11.2. The SMILES string of the molecule is C[C@]12C=C3C(=O)OC(c4ccccc4)(c4ccccc4)C[C@@]3(OO1)OC2c1ccc([N+](=O)[O-])cc1. The number of nitrogens with zero attached hydrogens (tertiary/aromatic N) is 1. The van der Waals surface area contributed by atoms with Gasteiger partial charge in [-0.25, -0.2) is 9.68 Å². The van der Waals surface area contributed by atoms with Crippen LogP contribution in [0.5, 0.6) is 0 Å². The van der Waals surface area contributed by atoms with Gasteiger partial charge in [0.25, 0.3) is 5.69 Å². The molecule has 1 spiro atoms. The largest absolute Gasteiger partial charge is 0.445 e.